The fourth-order valence-corrected chi connectivity index (χ4v) is 5.44. The smallest absolute Gasteiger partial charge is 0.324 e. The van der Waals surface area contributed by atoms with Crippen molar-refractivity contribution < 1.29 is 14.3 Å². The van der Waals surface area contributed by atoms with E-state index in [-0.39, 0.29) is 17.4 Å². The van der Waals surface area contributed by atoms with Crippen molar-refractivity contribution in [3.05, 3.63) is 102 Å². The molecule has 8 nitrogen and oxygen atoms in total. The maximum Gasteiger partial charge on any atom is 0.324 e. The highest BCUT2D eigenvalue weighted by atomic mass is 16.5. The van der Waals surface area contributed by atoms with Gasteiger partial charge in [-0.25, -0.2) is 9.48 Å². The van der Waals surface area contributed by atoms with Crippen molar-refractivity contribution >= 4 is 23.4 Å². The van der Waals surface area contributed by atoms with Crippen LogP contribution in [0.25, 0.3) is 5.69 Å². The number of aryl methyl sites for hydroxylation is 1. The van der Waals surface area contributed by atoms with Crippen molar-refractivity contribution in [2.24, 2.45) is 5.92 Å². The molecule has 0 aliphatic carbocycles. The van der Waals surface area contributed by atoms with Crippen LogP contribution in [0.5, 0.6) is 5.75 Å². The van der Waals surface area contributed by atoms with Crippen LogP contribution in [-0.4, -0.2) is 46.3 Å². The van der Waals surface area contributed by atoms with Gasteiger partial charge in [-0.3, -0.25) is 10.1 Å². The summed E-state index contributed by atoms with van der Waals surface area (Å²) in [4.78, 5) is 28.0. The zero-order valence-corrected chi connectivity index (χ0v) is 26.2. The highest BCUT2D eigenvalue weighted by Gasteiger charge is 2.25. The zero-order chi connectivity index (χ0) is 31.1. The number of aromatic nitrogens is 2. The third-order valence-electron chi connectivity index (χ3n) is 8.07. The molecule has 0 spiro atoms. The number of hydrogen-bond acceptors (Lipinski definition) is 4. The minimum atomic E-state index is -0.315. The van der Waals surface area contributed by atoms with Gasteiger partial charge in [0.2, 0.25) is 5.91 Å². The lowest BCUT2D eigenvalue weighted by Crippen LogP contribution is -2.39. The van der Waals surface area contributed by atoms with Crippen LogP contribution in [0.15, 0.2) is 84.9 Å². The van der Waals surface area contributed by atoms with Crippen LogP contribution in [0.4, 0.5) is 16.3 Å². The molecule has 0 bridgehead atoms. The summed E-state index contributed by atoms with van der Waals surface area (Å²) in [6.07, 6.45) is 3.07. The fraction of sp³-hybridized carbons (Fsp3) is 0.361. The molecular weight excluding hydrogens is 550 g/mol. The van der Waals surface area contributed by atoms with Gasteiger partial charge in [0, 0.05) is 30.3 Å². The molecule has 8 heteroatoms. The van der Waals surface area contributed by atoms with Crippen LogP contribution < -0.4 is 15.4 Å². The van der Waals surface area contributed by atoms with Gasteiger partial charge in [0.05, 0.1) is 24.4 Å². The number of para-hydroxylation sites is 2. The monoisotopic (exact) mass is 593 g/mol. The molecule has 0 radical (unpaired) electrons. The number of carbonyl (C=O) groups is 2. The second-order valence-corrected chi connectivity index (χ2v) is 12.6. The second kappa shape index (κ2) is 13.8. The topological polar surface area (TPSA) is 88.5 Å². The molecular formula is C36H43N5O3. The number of rotatable bonds is 9. The van der Waals surface area contributed by atoms with Crippen molar-refractivity contribution in [1.29, 1.82) is 0 Å². The summed E-state index contributed by atoms with van der Waals surface area (Å²) in [7, 11) is 0. The standard InChI is InChI=1S/C36H43N5O3/c1-26-14-16-29(17-15-26)41-33(25-32(39-41)36(2,3)4)38-35(43)37-31-13-9-8-10-28(31)24-27-18-21-40(22-19-27)34(42)20-23-44-30-11-6-5-7-12-30/h5-17,25,27H,18-24H2,1-4H3,(H2,37,38,43). The van der Waals surface area contributed by atoms with Crippen LogP contribution in [0.1, 0.15) is 56.9 Å². The molecule has 1 aliphatic rings. The molecule has 5 rings (SSSR count). The van der Waals surface area contributed by atoms with E-state index in [2.05, 4.69) is 37.5 Å². The number of carbonyl (C=O) groups excluding carboxylic acids is 2. The summed E-state index contributed by atoms with van der Waals surface area (Å²) in [6.45, 7) is 10.2. The third kappa shape index (κ3) is 8.07. The number of nitrogens with zero attached hydrogens (tertiary/aromatic N) is 3. The molecule has 0 atom stereocenters. The first kappa shape index (κ1) is 30.9. The Kier molecular flexibility index (Phi) is 9.68. The highest BCUT2D eigenvalue weighted by molar-refractivity contribution is 6.00. The minimum Gasteiger partial charge on any atom is -0.493 e. The lowest BCUT2D eigenvalue weighted by molar-refractivity contribution is -0.133. The van der Waals surface area contributed by atoms with Gasteiger partial charge in [-0.05, 0) is 68.0 Å². The van der Waals surface area contributed by atoms with Crippen molar-refractivity contribution in [1.82, 2.24) is 14.7 Å². The molecule has 44 heavy (non-hydrogen) atoms. The number of ether oxygens (including phenoxy) is 1. The largest absolute Gasteiger partial charge is 0.493 e. The molecule has 2 heterocycles. The number of hydrogen-bond donors (Lipinski definition) is 2. The van der Waals surface area contributed by atoms with Crippen molar-refractivity contribution in [3.63, 3.8) is 0 Å². The zero-order valence-electron chi connectivity index (χ0n) is 26.2. The minimum absolute atomic E-state index is 0.137. The summed E-state index contributed by atoms with van der Waals surface area (Å²) >= 11 is 0. The Balaban J connectivity index is 1.17. The number of urea groups is 1. The Labute approximate surface area is 260 Å². The Morgan fingerprint density at radius 2 is 1.59 bits per heavy atom. The molecule has 0 unspecified atom stereocenters. The first-order chi connectivity index (χ1) is 21.2. The summed E-state index contributed by atoms with van der Waals surface area (Å²) in [5.41, 5.74) is 4.64. The van der Waals surface area contributed by atoms with E-state index in [0.717, 1.165) is 66.3 Å². The van der Waals surface area contributed by atoms with E-state index in [1.807, 2.05) is 90.7 Å². The lowest BCUT2D eigenvalue weighted by Gasteiger charge is -2.32. The Bertz CT molecular complexity index is 1550. The van der Waals surface area contributed by atoms with Crippen LogP contribution in [0, 0.1) is 12.8 Å². The Morgan fingerprint density at radius 1 is 0.909 bits per heavy atom. The van der Waals surface area contributed by atoms with E-state index in [4.69, 9.17) is 9.84 Å². The molecule has 0 saturated carbocycles. The normalized spacial score (nSPS) is 13.9. The number of likely N-dealkylation sites (tertiary alicyclic amines) is 1. The SMILES string of the molecule is Cc1ccc(-n2nc(C(C)(C)C)cc2NC(=O)Nc2ccccc2CC2CCN(C(=O)CCOc3ccccc3)CC2)cc1. The van der Waals surface area contributed by atoms with Crippen LogP contribution in [0.2, 0.25) is 0 Å². The van der Waals surface area contributed by atoms with Crippen molar-refractivity contribution in [2.75, 3.05) is 30.3 Å². The number of anilines is 2. The van der Waals surface area contributed by atoms with E-state index < -0.39 is 0 Å². The Hall–Kier alpha value is -4.59. The molecule has 1 aromatic heterocycles. The maximum atomic E-state index is 13.3. The summed E-state index contributed by atoms with van der Waals surface area (Å²) in [5.74, 6) is 1.96. The predicted octanol–water partition coefficient (Wildman–Crippen LogP) is 7.37. The molecule has 1 fully saturated rings. The van der Waals surface area contributed by atoms with Gasteiger partial charge >= 0.3 is 6.03 Å². The second-order valence-electron chi connectivity index (χ2n) is 12.6. The van der Waals surface area contributed by atoms with Gasteiger partial charge in [-0.1, -0.05) is 74.9 Å². The van der Waals surface area contributed by atoms with Gasteiger partial charge in [0.1, 0.15) is 11.6 Å². The molecule has 1 aliphatic heterocycles. The van der Waals surface area contributed by atoms with Gasteiger partial charge < -0.3 is 15.0 Å². The van der Waals surface area contributed by atoms with E-state index >= 15 is 0 Å². The summed E-state index contributed by atoms with van der Waals surface area (Å²) < 4.78 is 7.49. The van der Waals surface area contributed by atoms with E-state index in [1.165, 1.54) is 0 Å². The average molecular weight is 594 g/mol. The van der Waals surface area contributed by atoms with Crippen LogP contribution >= 0.6 is 0 Å². The van der Waals surface area contributed by atoms with Crippen molar-refractivity contribution in [3.8, 4) is 11.4 Å². The molecule has 2 N–H and O–H groups in total. The third-order valence-corrected chi connectivity index (χ3v) is 8.07. The van der Waals surface area contributed by atoms with E-state index in [0.29, 0.717) is 24.8 Å². The van der Waals surface area contributed by atoms with E-state index in [9.17, 15) is 9.59 Å². The first-order valence-corrected chi connectivity index (χ1v) is 15.4. The maximum absolute atomic E-state index is 13.3. The number of benzene rings is 3. The van der Waals surface area contributed by atoms with Gasteiger partial charge in [-0.2, -0.15) is 5.10 Å². The molecule has 3 aromatic carbocycles. The predicted molar refractivity (Wildman–Crippen MR) is 176 cm³/mol. The van der Waals surface area contributed by atoms with Gasteiger partial charge in [-0.15, -0.1) is 0 Å². The van der Waals surface area contributed by atoms with E-state index in [1.54, 1.807) is 4.68 Å². The van der Waals surface area contributed by atoms with Crippen LogP contribution in [-0.2, 0) is 16.6 Å². The highest BCUT2D eigenvalue weighted by Crippen LogP contribution is 2.28. The van der Waals surface area contributed by atoms with Gasteiger partial charge in [0.25, 0.3) is 0 Å². The van der Waals surface area contributed by atoms with Gasteiger partial charge in [0.15, 0.2) is 0 Å². The number of amides is 3. The first-order valence-electron chi connectivity index (χ1n) is 15.4. The quantitative estimate of drug-likeness (QED) is 0.212. The average Bonchev–Trinajstić information content (AvgIpc) is 3.43. The molecule has 3 amide bonds. The summed E-state index contributed by atoms with van der Waals surface area (Å²) in [5, 5.41) is 10.9. The number of piperidine rings is 1. The van der Waals surface area contributed by atoms with Crippen molar-refractivity contribution in [2.45, 2.75) is 58.8 Å². The molecule has 1 saturated heterocycles. The fourth-order valence-electron chi connectivity index (χ4n) is 5.44. The Morgan fingerprint density at radius 3 is 2.30 bits per heavy atom. The lowest BCUT2D eigenvalue weighted by atomic mass is 9.89. The molecule has 4 aromatic rings. The van der Waals surface area contributed by atoms with Crippen LogP contribution in [0.3, 0.4) is 0 Å². The number of nitrogens with one attached hydrogen (secondary N) is 2. The molecule has 230 valence electrons. The summed E-state index contributed by atoms with van der Waals surface area (Å²) in [6, 6.07) is 27.2.